The second kappa shape index (κ2) is 6.02. The van der Waals surface area contributed by atoms with Crippen molar-refractivity contribution in [1.29, 1.82) is 0 Å². The third-order valence-electron chi connectivity index (χ3n) is 4.57. The molecule has 124 valence electrons. The third kappa shape index (κ3) is 2.93. The lowest BCUT2D eigenvalue weighted by molar-refractivity contribution is -0.132. The Bertz CT molecular complexity index is 610. The van der Waals surface area contributed by atoms with Crippen LogP contribution in [0.15, 0.2) is 4.52 Å². The second-order valence-electron chi connectivity index (χ2n) is 6.01. The summed E-state index contributed by atoms with van der Waals surface area (Å²) in [7, 11) is 0. The molecule has 2 saturated heterocycles. The molecular formula is C15H20N4O4. The topological polar surface area (TPSA) is 95.8 Å². The summed E-state index contributed by atoms with van der Waals surface area (Å²) in [6, 6.07) is -0.441. The molecule has 2 fully saturated rings. The number of rotatable bonds is 3. The van der Waals surface area contributed by atoms with Crippen molar-refractivity contribution in [3.8, 4) is 0 Å². The summed E-state index contributed by atoms with van der Waals surface area (Å²) in [5.74, 6) is 0.510. The van der Waals surface area contributed by atoms with Gasteiger partial charge in [0.25, 0.3) is 0 Å². The average Bonchev–Trinajstić information content (AvgIpc) is 3.03. The monoisotopic (exact) mass is 320 g/mol. The number of imide groups is 1. The maximum atomic E-state index is 12.4. The smallest absolute Gasteiger partial charge is 0.324 e. The number of nitrogens with zero attached hydrogens (tertiary/aromatic N) is 3. The summed E-state index contributed by atoms with van der Waals surface area (Å²) in [4.78, 5) is 38.9. The quantitative estimate of drug-likeness (QED) is 0.812. The summed E-state index contributed by atoms with van der Waals surface area (Å²) in [5, 5.41) is 6.39. The van der Waals surface area contributed by atoms with Crippen LogP contribution in [0.1, 0.15) is 29.9 Å². The molecule has 0 atom stereocenters. The van der Waals surface area contributed by atoms with E-state index in [1.807, 2.05) is 6.92 Å². The SMILES string of the molecule is Cc1noc(C)c1CC(=O)N1CCC(N2C(=O)CNC2=O)CC1. The Labute approximate surface area is 133 Å². The third-order valence-corrected chi connectivity index (χ3v) is 4.57. The Kier molecular flexibility index (Phi) is 4.06. The fourth-order valence-corrected chi connectivity index (χ4v) is 3.20. The van der Waals surface area contributed by atoms with Gasteiger partial charge in [0.2, 0.25) is 11.8 Å². The highest BCUT2D eigenvalue weighted by atomic mass is 16.5. The van der Waals surface area contributed by atoms with Gasteiger partial charge in [-0.1, -0.05) is 5.16 Å². The van der Waals surface area contributed by atoms with Crippen LogP contribution in [0.2, 0.25) is 0 Å². The lowest BCUT2D eigenvalue weighted by Gasteiger charge is -2.35. The van der Waals surface area contributed by atoms with Gasteiger partial charge in [-0.15, -0.1) is 0 Å². The van der Waals surface area contributed by atoms with E-state index in [9.17, 15) is 14.4 Å². The molecule has 0 aliphatic carbocycles. The molecule has 1 aromatic heterocycles. The van der Waals surface area contributed by atoms with Gasteiger partial charge in [0.15, 0.2) is 0 Å². The Morgan fingerprint density at radius 1 is 1.30 bits per heavy atom. The number of amides is 4. The van der Waals surface area contributed by atoms with Crippen molar-refractivity contribution in [2.24, 2.45) is 0 Å². The Morgan fingerprint density at radius 3 is 2.52 bits per heavy atom. The Morgan fingerprint density at radius 2 is 2.00 bits per heavy atom. The standard InChI is InChI=1S/C15H20N4O4/c1-9-12(10(2)23-17-9)7-13(20)18-5-3-11(4-6-18)19-14(21)8-16-15(19)22/h11H,3-8H2,1-2H3,(H,16,22). The number of carbonyl (C=O) groups is 3. The van der Waals surface area contributed by atoms with Gasteiger partial charge in [0.05, 0.1) is 18.7 Å². The number of hydrogen-bond acceptors (Lipinski definition) is 5. The second-order valence-corrected chi connectivity index (χ2v) is 6.01. The zero-order chi connectivity index (χ0) is 16.6. The molecule has 23 heavy (non-hydrogen) atoms. The van der Waals surface area contributed by atoms with Crippen LogP contribution in [-0.2, 0) is 16.0 Å². The molecule has 0 aromatic carbocycles. The highest BCUT2D eigenvalue weighted by Crippen LogP contribution is 2.21. The van der Waals surface area contributed by atoms with Crippen LogP contribution in [0.3, 0.4) is 0 Å². The lowest BCUT2D eigenvalue weighted by atomic mass is 10.0. The largest absolute Gasteiger partial charge is 0.361 e. The fraction of sp³-hybridized carbons (Fsp3) is 0.600. The Hall–Kier alpha value is -2.38. The van der Waals surface area contributed by atoms with Crippen LogP contribution in [0, 0.1) is 13.8 Å². The predicted octanol–water partition coefficient (Wildman–Crippen LogP) is 0.377. The van der Waals surface area contributed by atoms with Gasteiger partial charge in [-0.2, -0.15) is 0 Å². The molecule has 8 nitrogen and oxygen atoms in total. The lowest BCUT2D eigenvalue weighted by Crippen LogP contribution is -2.49. The van der Waals surface area contributed by atoms with Crippen molar-refractivity contribution in [3.05, 3.63) is 17.0 Å². The van der Waals surface area contributed by atoms with E-state index in [1.54, 1.807) is 11.8 Å². The van der Waals surface area contributed by atoms with E-state index in [4.69, 9.17) is 4.52 Å². The van der Waals surface area contributed by atoms with Crippen molar-refractivity contribution in [2.75, 3.05) is 19.6 Å². The van der Waals surface area contributed by atoms with Gasteiger partial charge in [0.1, 0.15) is 5.76 Å². The number of likely N-dealkylation sites (tertiary alicyclic amines) is 1. The number of urea groups is 1. The molecule has 0 bridgehead atoms. The molecule has 2 aliphatic rings. The zero-order valence-corrected chi connectivity index (χ0v) is 13.3. The van der Waals surface area contributed by atoms with Gasteiger partial charge in [-0.3, -0.25) is 14.5 Å². The molecule has 0 radical (unpaired) electrons. The van der Waals surface area contributed by atoms with Crippen LogP contribution in [0.5, 0.6) is 0 Å². The minimum atomic E-state index is -0.324. The van der Waals surface area contributed by atoms with Crippen molar-refractivity contribution in [2.45, 2.75) is 39.2 Å². The minimum Gasteiger partial charge on any atom is -0.361 e. The zero-order valence-electron chi connectivity index (χ0n) is 13.3. The van der Waals surface area contributed by atoms with Crippen molar-refractivity contribution in [1.82, 2.24) is 20.3 Å². The molecule has 1 aromatic rings. The van der Waals surface area contributed by atoms with E-state index >= 15 is 0 Å². The number of carbonyl (C=O) groups excluding carboxylic acids is 3. The van der Waals surface area contributed by atoms with Gasteiger partial charge >= 0.3 is 6.03 Å². The predicted molar refractivity (Wildman–Crippen MR) is 79.5 cm³/mol. The number of hydrogen-bond donors (Lipinski definition) is 1. The summed E-state index contributed by atoms with van der Waals surface area (Å²) in [6.07, 6.45) is 1.51. The number of nitrogens with one attached hydrogen (secondary N) is 1. The fourth-order valence-electron chi connectivity index (χ4n) is 3.20. The first-order valence-electron chi connectivity index (χ1n) is 7.76. The molecule has 0 spiro atoms. The molecule has 3 rings (SSSR count). The summed E-state index contributed by atoms with van der Waals surface area (Å²) >= 11 is 0. The molecule has 2 aliphatic heterocycles. The number of aryl methyl sites for hydroxylation is 2. The molecule has 4 amide bonds. The Balaban J connectivity index is 1.57. The maximum Gasteiger partial charge on any atom is 0.324 e. The van der Waals surface area contributed by atoms with Crippen LogP contribution >= 0.6 is 0 Å². The molecule has 3 heterocycles. The van der Waals surface area contributed by atoms with Gasteiger partial charge in [-0.25, -0.2) is 4.79 Å². The number of piperidine rings is 1. The first-order valence-corrected chi connectivity index (χ1v) is 7.76. The molecule has 0 saturated carbocycles. The minimum absolute atomic E-state index is 0.0232. The van der Waals surface area contributed by atoms with Crippen molar-refractivity contribution >= 4 is 17.8 Å². The molecular weight excluding hydrogens is 300 g/mol. The van der Waals surface area contributed by atoms with E-state index in [0.717, 1.165) is 11.3 Å². The van der Waals surface area contributed by atoms with Gasteiger partial charge in [0, 0.05) is 24.7 Å². The van der Waals surface area contributed by atoms with E-state index in [-0.39, 0.29) is 36.9 Å². The van der Waals surface area contributed by atoms with Crippen molar-refractivity contribution < 1.29 is 18.9 Å². The molecule has 0 unspecified atom stereocenters. The summed E-state index contributed by atoms with van der Waals surface area (Å²) in [6.45, 7) is 4.79. The van der Waals surface area contributed by atoms with E-state index in [2.05, 4.69) is 10.5 Å². The summed E-state index contributed by atoms with van der Waals surface area (Å²) < 4.78 is 5.08. The number of aromatic nitrogens is 1. The normalized spacial score (nSPS) is 19.4. The summed E-state index contributed by atoms with van der Waals surface area (Å²) in [5.41, 5.74) is 1.58. The first kappa shape index (κ1) is 15.5. The van der Waals surface area contributed by atoms with Crippen molar-refractivity contribution in [3.63, 3.8) is 0 Å². The van der Waals surface area contributed by atoms with Crippen LogP contribution < -0.4 is 5.32 Å². The van der Waals surface area contributed by atoms with E-state index in [1.165, 1.54) is 4.90 Å². The average molecular weight is 320 g/mol. The van der Waals surface area contributed by atoms with Crippen LogP contribution in [0.4, 0.5) is 4.79 Å². The molecule has 1 N–H and O–H groups in total. The van der Waals surface area contributed by atoms with E-state index < -0.39 is 0 Å². The van der Waals surface area contributed by atoms with Crippen LogP contribution in [0.25, 0.3) is 0 Å². The van der Waals surface area contributed by atoms with Crippen LogP contribution in [-0.4, -0.2) is 58.5 Å². The first-order chi connectivity index (χ1) is 11.0. The van der Waals surface area contributed by atoms with Gasteiger partial charge < -0.3 is 14.7 Å². The maximum absolute atomic E-state index is 12.4. The highest BCUT2D eigenvalue weighted by Gasteiger charge is 2.37. The van der Waals surface area contributed by atoms with Gasteiger partial charge in [-0.05, 0) is 26.7 Å². The van der Waals surface area contributed by atoms with E-state index in [0.29, 0.717) is 31.7 Å². The molecule has 8 heteroatoms. The highest BCUT2D eigenvalue weighted by molar-refractivity contribution is 6.02.